The van der Waals surface area contributed by atoms with Crippen LogP contribution >= 0.6 is 10.9 Å². The summed E-state index contributed by atoms with van der Waals surface area (Å²) >= 11 is 0. The largest absolute Gasteiger partial charge is 0.356 e. The number of thiol groups is 1. The predicted molar refractivity (Wildman–Crippen MR) is 98.9 cm³/mol. The van der Waals surface area contributed by atoms with E-state index in [0.29, 0.717) is 25.3 Å². The zero-order valence-corrected chi connectivity index (χ0v) is 15.8. The molecule has 0 atom stereocenters. The van der Waals surface area contributed by atoms with Crippen molar-refractivity contribution in [2.45, 2.75) is 58.8 Å². The van der Waals surface area contributed by atoms with Gasteiger partial charge in [0.1, 0.15) is 0 Å². The van der Waals surface area contributed by atoms with E-state index in [1.807, 2.05) is 0 Å². The van der Waals surface area contributed by atoms with E-state index in [1.54, 1.807) is 0 Å². The van der Waals surface area contributed by atoms with Gasteiger partial charge >= 0.3 is 0 Å². The summed E-state index contributed by atoms with van der Waals surface area (Å²) in [5.41, 5.74) is 0. The number of carbonyl (C=O) groups excluding carboxylic acids is 2. The molecule has 0 saturated carbocycles. The highest BCUT2D eigenvalue weighted by molar-refractivity contribution is 8.15. The molecule has 0 heterocycles. The third-order valence-corrected chi connectivity index (χ3v) is 4.69. The molecule has 0 rings (SSSR count). The maximum atomic E-state index is 11.6. The Bertz CT molecular complexity index is 307. The minimum atomic E-state index is 0.0368. The van der Waals surface area contributed by atoms with Gasteiger partial charge in [-0.15, -0.1) is 0 Å². The van der Waals surface area contributed by atoms with Crippen LogP contribution in [0.2, 0.25) is 0 Å². The van der Waals surface area contributed by atoms with Crippen molar-refractivity contribution in [3.8, 4) is 0 Å². The molecule has 0 unspecified atom stereocenters. The SMILES string of the molecule is CC(C)CCC(=O)NCCC(=O)NCCCCCC[SH](C)C. The first-order valence-corrected chi connectivity index (χ1v) is 11.0. The van der Waals surface area contributed by atoms with Gasteiger partial charge in [0.15, 0.2) is 0 Å². The summed E-state index contributed by atoms with van der Waals surface area (Å²) in [5, 5.41) is 5.72. The van der Waals surface area contributed by atoms with Crippen LogP contribution < -0.4 is 10.6 Å². The van der Waals surface area contributed by atoms with Crippen LogP contribution in [-0.4, -0.2) is 43.2 Å². The molecule has 2 amide bonds. The van der Waals surface area contributed by atoms with Gasteiger partial charge in [0.25, 0.3) is 0 Å². The summed E-state index contributed by atoms with van der Waals surface area (Å²) in [4.78, 5) is 23.1. The van der Waals surface area contributed by atoms with Crippen LogP contribution in [-0.2, 0) is 9.59 Å². The molecule has 0 fully saturated rings. The molecule has 132 valence electrons. The standard InChI is InChI=1S/C17H36N2O2S/c1-15(2)9-10-16(20)19-13-11-17(21)18-12-7-5-6-8-14-22(3)4/h15,22H,5-14H2,1-4H3,(H,18,21)(H,19,20). The maximum absolute atomic E-state index is 11.6. The van der Waals surface area contributed by atoms with Crippen molar-refractivity contribution in [1.29, 1.82) is 0 Å². The second-order valence-electron chi connectivity index (χ2n) is 6.60. The quantitative estimate of drug-likeness (QED) is 0.359. The zero-order chi connectivity index (χ0) is 16.8. The first-order chi connectivity index (χ1) is 10.4. The maximum Gasteiger partial charge on any atom is 0.221 e. The Labute approximate surface area is 139 Å². The van der Waals surface area contributed by atoms with Crippen molar-refractivity contribution in [2.24, 2.45) is 5.92 Å². The molecule has 0 saturated heterocycles. The fraction of sp³-hybridized carbons (Fsp3) is 0.882. The molecule has 0 aliphatic rings. The van der Waals surface area contributed by atoms with Gasteiger partial charge in [-0.1, -0.05) is 26.7 Å². The van der Waals surface area contributed by atoms with Gasteiger partial charge in [-0.05, 0) is 43.4 Å². The predicted octanol–water partition coefficient (Wildman–Crippen LogP) is 2.87. The van der Waals surface area contributed by atoms with Crippen molar-refractivity contribution in [1.82, 2.24) is 10.6 Å². The minimum absolute atomic E-state index is 0.0368. The van der Waals surface area contributed by atoms with E-state index in [2.05, 4.69) is 37.0 Å². The van der Waals surface area contributed by atoms with Gasteiger partial charge in [0.05, 0.1) is 0 Å². The van der Waals surface area contributed by atoms with E-state index in [4.69, 9.17) is 0 Å². The molecule has 0 radical (unpaired) electrons. The van der Waals surface area contributed by atoms with Crippen LogP contribution in [0.5, 0.6) is 0 Å². The van der Waals surface area contributed by atoms with E-state index in [0.717, 1.165) is 19.4 Å². The van der Waals surface area contributed by atoms with Crippen LogP contribution in [0.4, 0.5) is 0 Å². The lowest BCUT2D eigenvalue weighted by Crippen LogP contribution is -2.31. The summed E-state index contributed by atoms with van der Waals surface area (Å²) in [6.45, 7) is 5.40. The van der Waals surface area contributed by atoms with Crippen LogP contribution in [0.15, 0.2) is 0 Å². The van der Waals surface area contributed by atoms with Crippen molar-refractivity contribution in [2.75, 3.05) is 31.4 Å². The van der Waals surface area contributed by atoms with Crippen molar-refractivity contribution in [3.05, 3.63) is 0 Å². The van der Waals surface area contributed by atoms with Crippen LogP contribution in [0.3, 0.4) is 0 Å². The second-order valence-corrected chi connectivity index (χ2v) is 9.21. The summed E-state index contributed by atoms with van der Waals surface area (Å²) in [6, 6.07) is 0. The monoisotopic (exact) mass is 332 g/mol. The van der Waals surface area contributed by atoms with Gasteiger partial charge in [0.2, 0.25) is 11.8 Å². The topological polar surface area (TPSA) is 58.2 Å². The first-order valence-electron chi connectivity index (χ1n) is 8.60. The zero-order valence-electron chi connectivity index (χ0n) is 14.9. The highest BCUT2D eigenvalue weighted by Crippen LogP contribution is 2.16. The molecule has 0 aromatic carbocycles. The van der Waals surface area contributed by atoms with Crippen molar-refractivity contribution in [3.63, 3.8) is 0 Å². The Kier molecular flexibility index (Phi) is 13.5. The summed E-state index contributed by atoms with van der Waals surface area (Å²) < 4.78 is 0. The fourth-order valence-electron chi connectivity index (χ4n) is 2.05. The molecule has 0 aliphatic carbocycles. The number of hydrogen-bond acceptors (Lipinski definition) is 2. The Morgan fingerprint density at radius 1 is 0.864 bits per heavy atom. The molecule has 2 N–H and O–H groups in total. The number of nitrogens with one attached hydrogen (secondary N) is 2. The highest BCUT2D eigenvalue weighted by atomic mass is 32.2. The first kappa shape index (κ1) is 21.3. The highest BCUT2D eigenvalue weighted by Gasteiger charge is 2.05. The molecule has 0 aliphatic heterocycles. The van der Waals surface area contributed by atoms with Gasteiger partial charge in [0, 0.05) is 25.9 Å². The molecular weight excluding hydrogens is 296 g/mol. The lowest BCUT2D eigenvalue weighted by molar-refractivity contribution is -0.122. The summed E-state index contributed by atoms with van der Waals surface area (Å²) in [6.07, 6.45) is 11.3. The number of amides is 2. The molecular formula is C17H36N2O2S. The molecule has 4 nitrogen and oxygen atoms in total. The minimum Gasteiger partial charge on any atom is -0.356 e. The molecule has 22 heavy (non-hydrogen) atoms. The van der Waals surface area contributed by atoms with E-state index in [1.165, 1.54) is 25.0 Å². The van der Waals surface area contributed by atoms with Crippen LogP contribution in [0.1, 0.15) is 58.8 Å². The number of rotatable bonds is 13. The molecule has 5 heteroatoms. The Hall–Kier alpha value is -0.710. The van der Waals surface area contributed by atoms with E-state index in [-0.39, 0.29) is 22.7 Å². The average molecular weight is 333 g/mol. The van der Waals surface area contributed by atoms with E-state index in [9.17, 15) is 9.59 Å². The van der Waals surface area contributed by atoms with Crippen molar-refractivity contribution >= 4 is 22.7 Å². The number of hydrogen-bond donors (Lipinski definition) is 3. The van der Waals surface area contributed by atoms with Gasteiger partial charge in [-0.25, -0.2) is 0 Å². The molecule has 0 spiro atoms. The Balaban J connectivity index is 3.38. The molecule has 0 bridgehead atoms. The Morgan fingerprint density at radius 3 is 2.09 bits per heavy atom. The lowest BCUT2D eigenvalue weighted by Gasteiger charge is -2.09. The Morgan fingerprint density at radius 2 is 1.45 bits per heavy atom. The fourth-order valence-corrected chi connectivity index (χ4v) is 2.90. The molecule has 0 aromatic heterocycles. The van der Waals surface area contributed by atoms with Gasteiger partial charge in [-0.2, -0.15) is 0 Å². The normalized spacial score (nSPS) is 11.4. The van der Waals surface area contributed by atoms with Crippen molar-refractivity contribution < 1.29 is 9.59 Å². The lowest BCUT2D eigenvalue weighted by atomic mass is 10.1. The second kappa shape index (κ2) is 13.9. The van der Waals surface area contributed by atoms with E-state index < -0.39 is 0 Å². The molecule has 0 aromatic rings. The average Bonchev–Trinajstić information content (AvgIpc) is 2.43. The smallest absolute Gasteiger partial charge is 0.221 e. The third-order valence-electron chi connectivity index (χ3n) is 3.48. The third kappa shape index (κ3) is 15.7. The summed E-state index contributed by atoms with van der Waals surface area (Å²) in [7, 11) is 0.241. The van der Waals surface area contributed by atoms with Crippen LogP contribution in [0.25, 0.3) is 0 Å². The summed E-state index contributed by atoms with van der Waals surface area (Å²) in [5.74, 6) is 1.98. The number of unbranched alkanes of at least 4 members (excludes halogenated alkanes) is 3. The van der Waals surface area contributed by atoms with E-state index >= 15 is 0 Å². The number of carbonyl (C=O) groups is 2. The van der Waals surface area contributed by atoms with Gasteiger partial charge in [-0.3, -0.25) is 20.5 Å². The van der Waals surface area contributed by atoms with Crippen LogP contribution in [0, 0.1) is 5.92 Å². The van der Waals surface area contributed by atoms with Gasteiger partial charge < -0.3 is 10.6 Å².